The molecule has 0 aliphatic carbocycles. The standard InChI is InChI=1S/C25H32FN3O4S/c1-17(2)27-25(31)28(14-20-7-4-11-32-20)15-24(30)29-10-8-23-21(9-12-34-23)22(29)16-33-19-6-3-5-18(26)13-19/h3,5-6,9,12-13,17,20,22H,4,7-8,10-11,14-16H2,1-2H3,(H,27,31)/t20-,22+/m1/s1. The van der Waals surface area contributed by atoms with Gasteiger partial charge >= 0.3 is 6.03 Å². The van der Waals surface area contributed by atoms with E-state index < -0.39 is 0 Å². The van der Waals surface area contributed by atoms with Gasteiger partial charge in [-0.3, -0.25) is 4.79 Å². The summed E-state index contributed by atoms with van der Waals surface area (Å²) in [4.78, 5) is 31.0. The van der Waals surface area contributed by atoms with Crippen LogP contribution >= 0.6 is 11.3 Å². The van der Waals surface area contributed by atoms with Gasteiger partial charge < -0.3 is 24.6 Å². The van der Waals surface area contributed by atoms with Gasteiger partial charge in [0.05, 0.1) is 12.1 Å². The number of carbonyl (C=O) groups is 2. The normalized spacial score (nSPS) is 19.7. The zero-order chi connectivity index (χ0) is 24.1. The molecule has 3 amide bonds. The molecular formula is C25H32FN3O4S. The lowest BCUT2D eigenvalue weighted by atomic mass is 10.0. The summed E-state index contributed by atoms with van der Waals surface area (Å²) < 4.78 is 25.2. The Hall–Kier alpha value is -2.65. The number of nitrogens with zero attached hydrogens (tertiary/aromatic N) is 2. The molecule has 0 bridgehead atoms. The maximum absolute atomic E-state index is 13.6. The topological polar surface area (TPSA) is 71.1 Å². The second kappa shape index (κ2) is 11.2. The minimum absolute atomic E-state index is 0.0334. The monoisotopic (exact) mass is 489 g/mol. The zero-order valence-corrected chi connectivity index (χ0v) is 20.5. The van der Waals surface area contributed by atoms with E-state index in [1.54, 1.807) is 33.3 Å². The van der Waals surface area contributed by atoms with Crippen LogP contribution in [0, 0.1) is 5.82 Å². The molecule has 1 aromatic heterocycles. The Morgan fingerprint density at radius 3 is 2.94 bits per heavy atom. The van der Waals surface area contributed by atoms with Gasteiger partial charge in [-0.15, -0.1) is 11.3 Å². The highest BCUT2D eigenvalue weighted by molar-refractivity contribution is 7.10. The van der Waals surface area contributed by atoms with Crippen LogP contribution in [0.15, 0.2) is 35.7 Å². The van der Waals surface area contributed by atoms with Gasteiger partial charge in [0.1, 0.15) is 24.7 Å². The van der Waals surface area contributed by atoms with Gasteiger partial charge in [-0.2, -0.15) is 0 Å². The average Bonchev–Trinajstić information content (AvgIpc) is 3.48. The van der Waals surface area contributed by atoms with Crippen molar-refractivity contribution in [2.45, 2.75) is 51.3 Å². The molecule has 34 heavy (non-hydrogen) atoms. The van der Waals surface area contributed by atoms with Gasteiger partial charge in [0.15, 0.2) is 0 Å². The van der Waals surface area contributed by atoms with E-state index in [-0.39, 0.29) is 49.1 Å². The summed E-state index contributed by atoms with van der Waals surface area (Å²) in [5, 5.41) is 4.92. The molecule has 0 spiro atoms. The molecule has 0 saturated carbocycles. The van der Waals surface area contributed by atoms with Crippen molar-refractivity contribution in [1.29, 1.82) is 0 Å². The second-order valence-electron chi connectivity index (χ2n) is 9.04. The van der Waals surface area contributed by atoms with Crippen LogP contribution in [0.1, 0.15) is 43.2 Å². The van der Waals surface area contributed by atoms with Crippen LogP contribution in [-0.4, -0.2) is 66.7 Å². The number of hydrogen-bond acceptors (Lipinski definition) is 5. The largest absolute Gasteiger partial charge is 0.491 e. The van der Waals surface area contributed by atoms with E-state index in [2.05, 4.69) is 5.32 Å². The van der Waals surface area contributed by atoms with E-state index in [1.165, 1.54) is 17.0 Å². The van der Waals surface area contributed by atoms with Gasteiger partial charge in [0, 0.05) is 36.7 Å². The van der Waals surface area contributed by atoms with E-state index >= 15 is 0 Å². The first kappa shape index (κ1) is 24.5. The van der Waals surface area contributed by atoms with Crippen LogP contribution in [0.25, 0.3) is 0 Å². The van der Waals surface area contributed by atoms with E-state index in [1.807, 2.05) is 25.3 Å². The molecule has 4 rings (SSSR count). The van der Waals surface area contributed by atoms with Crippen molar-refractivity contribution in [2.24, 2.45) is 0 Å². The minimum Gasteiger partial charge on any atom is -0.491 e. The number of benzene rings is 1. The first-order valence-electron chi connectivity index (χ1n) is 11.8. The fourth-order valence-electron chi connectivity index (χ4n) is 4.45. The number of hydrogen-bond donors (Lipinski definition) is 1. The third-order valence-corrected chi connectivity index (χ3v) is 7.09. The van der Waals surface area contributed by atoms with Crippen molar-refractivity contribution < 1.29 is 23.5 Å². The van der Waals surface area contributed by atoms with E-state index in [9.17, 15) is 14.0 Å². The van der Waals surface area contributed by atoms with Gasteiger partial charge in [-0.1, -0.05) is 6.07 Å². The maximum Gasteiger partial charge on any atom is 0.318 e. The Morgan fingerprint density at radius 2 is 2.21 bits per heavy atom. The van der Waals surface area contributed by atoms with Crippen molar-refractivity contribution >= 4 is 23.3 Å². The highest BCUT2D eigenvalue weighted by Crippen LogP contribution is 2.34. The van der Waals surface area contributed by atoms with Crippen molar-refractivity contribution in [3.05, 3.63) is 52.0 Å². The number of nitrogens with one attached hydrogen (secondary N) is 1. The number of ether oxygens (including phenoxy) is 2. The second-order valence-corrected chi connectivity index (χ2v) is 10.0. The average molecular weight is 490 g/mol. The van der Waals surface area contributed by atoms with Crippen molar-refractivity contribution in [1.82, 2.24) is 15.1 Å². The van der Waals surface area contributed by atoms with Gasteiger partial charge in [-0.05, 0) is 62.3 Å². The molecule has 9 heteroatoms. The van der Waals surface area contributed by atoms with Crippen LogP contribution < -0.4 is 10.1 Å². The quantitative estimate of drug-likeness (QED) is 0.609. The summed E-state index contributed by atoms with van der Waals surface area (Å²) in [5.74, 6) is -0.0843. The molecule has 2 aliphatic heterocycles. The van der Waals surface area contributed by atoms with Crippen LogP contribution in [0.5, 0.6) is 5.75 Å². The predicted molar refractivity (Wildman–Crippen MR) is 129 cm³/mol. The summed E-state index contributed by atoms with van der Waals surface area (Å²) in [6, 6.07) is 7.42. The molecule has 1 N–H and O–H groups in total. The SMILES string of the molecule is CC(C)NC(=O)N(CC(=O)N1CCc2sccc2[C@@H]1COc1cccc(F)c1)C[C@H]1CCCO1. The molecular weight excluding hydrogens is 457 g/mol. The molecule has 3 heterocycles. The fraction of sp³-hybridized carbons (Fsp3) is 0.520. The van der Waals surface area contributed by atoms with E-state index in [0.717, 1.165) is 24.8 Å². The van der Waals surface area contributed by atoms with Crippen molar-refractivity contribution in [3.8, 4) is 5.75 Å². The Balaban J connectivity index is 1.49. The molecule has 0 unspecified atom stereocenters. The lowest BCUT2D eigenvalue weighted by Crippen LogP contribution is -2.52. The molecule has 2 atom stereocenters. The van der Waals surface area contributed by atoms with Gasteiger partial charge in [0.25, 0.3) is 0 Å². The number of fused-ring (bicyclic) bond motifs is 1. The molecule has 7 nitrogen and oxygen atoms in total. The number of urea groups is 1. The van der Waals surface area contributed by atoms with Crippen LogP contribution in [0.3, 0.4) is 0 Å². The lowest BCUT2D eigenvalue weighted by Gasteiger charge is -2.37. The predicted octanol–water partition coefficient (Wildman–Crippen LogP) is 3.99. The smallest absolute Gasteiger partial charge is 0.318 e. The van der Waals surface area contributed by atoms with Gasteiger partial charge in [-0.25, -0.2) is 9.18 Å². The number of halogens is 1. The maximum atomic E-state index is 13.6. The Morgan fingerprint density at radius 1 is 1.35 bits per heavy atom. The number of rotatable bonds is 8. The zero-order valence-electron chi connectivity index (χ0n) is 19.7. The van der Waals surface area contributed by atoms with E-state index in [4.69, 9.17) is 9.47 Å². The number of carbonyl (C=O) groups excluding carboxylic acids is 2. The van der Waals surface area contributed by atoms with Crippen LogP contribution in [0.2, 0.25) is 0 Å². The summed E-state index contributed by atoms with van der Waals surface area (Å²) in [5.41, 5.74) is 1.05. The molecule has 1 saturated heterocycles. The Kier molecular flexibility index (Phi) is 8.05. The van der Waals surface area contributed by atoms with E-state index in [0.29, 0.717) is 25.4 Å². The van der Waals surface area contributed by atoms with Gasteiger partial charge in [0.2, 0.25) is 5.91 Å². The third kappa shape index (κ3) is 6.07. The summed E-state index contributed by atoms with van der Waals surface area (Å²) in [6.45, 7) is 5.58. The third-order valence-electron chi connectivity index (χ3n) is 6.09. The first-order valence-corrected chi connectivity index (χ1v) is 12.7. The molecule has 1 fully saturated rings. The Bertz CT molecular complexity index is 992. The first-order chi connectivity index (χ1) is 16.4. The summed E-state index contributed by atoms with van der Waals surface area (Å²) >= 11 is 1.67. The minimum atomic E-state index is -0.369. The highest BCUT2D eigenvalue weighted by Gasteiger charge is 2.34. The molecule has 2 aliphatic rings. The molecule has 2 aromatic rings. The molecule has 0 radical (unpaired) electrons. The lowest BCUT2D eigenvalue weighted by molar-refractivity contribution is -0.135. The highest BCUT2D eigenvalue weighted by atomic mass is 32.1. The van der Waals surface area contributed by atoms with Crippen LogP contribution in [-0.2, 0) is 16.0 Å². The Labute approximate surface area is 203 Å². The molecule has 184 valence electrons. The number of thiophene rings is 1. The molecule has 1 aromatic carbocycles. The summed E-state index contributed by atoms with van der Waals surface area (Å²) in [6.07, 6.45) is 2.55. The van der Waals surface area contributed by atoms with Crippen molar-refractivity contribution in [2.75, 3.05) is 32.8 Å². The fourth-order valence-corrected chi connectivity index (χ4v) is 5.38. The van der Waals surface area contributed by atoms with Crippen molar-refractivity contribution in [3.63, 3.8) is 0 Å². The number of amides is 3. The summed E-state index contributed by atoms with van der Waals surface area (Å²) in [7, 11) is 0. The van der Waals surface area contributed by atoms with Crippen LogP contribution in [0.4, 0.5) is 9.18 Å².